The predicted molar refractivity (Wildman–Crippen MR) is 86.7 cm³/mol. The van der Waals surface area contributed by atoms with Gasteiger partial charge in [-0.2, -0.15) is 0 Å². The van der Waals surface area contributed by atoms with Crippen molar-refractivity contribution in [2.45, 2.75) is 45.1 Å². The summed E-state index contributed by atoms with van der Waals surface area (Å²) in [6, 6.07) is 8.30. The number of carbonyl (C=O) groups is 1. The number of benzene rings is 1. The largest absolute Gasteiger partial charge is 0.356 e. The molecule has 116 valence electrons. The second kappa shape index (κ2) is 6.77. The molecule has 1 N–H and O–H groups in total. The Hall–Kier alpha value is -2.10. The zero-order valence-corrected chi connectivity index (χ0v) is 13.1. The Morgan fingerprint density at radius 3 is 3.14 bits per heavy atom. The third-order valence-corrected chi connectivity index (χ3v) is 4.44. The summed E-state index contributed by atoms with van der Waals surface area (Å²) in [4.78, 5) is 16.7. The molecule has 1 heterocycles. The summed E-state index contributed by atoms with van der Waals surface area (Å²) in [7, 11) is 0. The lowest BCUT2D eigenvalue weighted by Crippen LogP contribution is -2.29. The smallest absolute Gasteiger partial charge is 0.227 e. The maximum Gasteiger partial charge on any atom is 0.227 e. The average Bonchev–Trinajstić information content (AvgIpc) is 3.17. The van der Waals surface area contributed by atoms with Gasteiger partial charge in [-0.15, -0.1) is 0 Å². The highest BCUT2D eigenvalue weighted by atomic mass is 16.1. The van der Waals surface area contributed by atoms with E-state index in [-0.39, 0.29) is 11.8 Å². The van der Waals surface area contributed by atoms with Crippen LogP contribution in [0.4, 0.5) is 0 Å². The number of aryl methyl sites for hydroxylation is 3. The molecule has 1 aliphatic rings. The summed E-state index contributed by atoms with van der Waals surface area (Å²) in [5.41, 5.74) is 2.54. The van der Waals surface area contributed by atoms with Gasteiger partial charge in [0, 0.05) is 31.9 Å². The van der Waals surface area contributed by atoms with Crippen molar-refractivity contribution in [2.24, 2.45) is 0 Å². The third kappa shape index (κ3) is 3.06. The first kappa shape index (κ1) is 14.8. The van der Waals surface area contributed by atoms with Crippen LogP contribution in [0.1, 0.15) is 42.6 Å². The van der Waals surface area contributed by atoms with Crippen LogP contribution in [-0.4, -0.2) is 22.0 Å². The van der Waals surface area contributed by atoms with E-state index in [1.165, 1.54) is 11.1 Å². The number of rotatable bonds is 6. The molecule has 0 fully saturated rings. The molecule has 0 spiro atoms. The number of carbonyl (C=O) groups excluding carboxylic acids is 1. The highest BCUT2D eigenvalue weighted by Crippen LogP contribution is 2.32. The number of aromatic nitrogens is 2. The van der Waals surface area contributed by atoms with Gasteiger partial charge < -0.3 is 9.88 Å². The molecule has 0 radical (unpaired) electrons. The molecule has 1 aromatic heterocycles. The molecular weight excluding hydrogens is 274 g/mol. The van der Waals surface area contributed by atoms with Gasteiger partial charge in [0.25, 0.3) is 0 Å². The Labute approximate surface area is 131 Å². The van der Waals surface area contributed by atoms with E-state index in [4.69, 9.17) is 0 Å². The fraction of sp³-hybridized carbons (Fsp3) is 0.444. The van der Waals surface area contributed by atoms with E-state index >= 15 is 0 Å². The third-order valence-electron chi connectivity index (χ3n) is 4.44. The van der Waals surface area contributed by atoms with E-state index in [0.29, 0.717) is 0 Å². The molecule has 1 aliphatic carbocycles. The number of hydrogen-bond acceptors (Lipinski definition) is 2. The molecule has 22 heavy (non-hydrogen) atoms. The van der Waals surface area contributed by atoms with Gasteiger partial charge in [-0.05, 0) is 30.4 Å². The molecule has 1 atom stereocenters. The molecular formula is C18H23N3O. The van der Waals surface area contributed by atoms with Crippen molar-refractivity contribution in [1.29, 1.82) is 0 Å². The summed E-state index contributed by atoms with van der Waals surface area (Å²) < 4.78 is 2.16. The van der Waals surface area contributed by atoms with Crippen LogP contribution >= 0.6 is 0 Å². The Morgan fingerprint density at radius 1 is 1.41 bits per heavy atom. The van der Waals surface area contributed by atoms with Crippen LogP contribution in [0.3, 0.4) is 0 Å². The lowest BCUT2D eigenvalue weighted by atomic mass is 10.0. The zero-order chi connectivity index (χ0) is 15.4. The van der Waals surface area contributed by atoms with E-state index in [1.807, 2.05) is 18.5 Å². The molecule has 1 unspecified atom stereocenters. The maximum atomic E-state index is 12.4. The van der Waals surface area contributed by atoms with Crippen LogP contribution in [0.2, 0.25) is 0 Å². The summed E-state index contributed by atoms with van der Waals surface area (Å²) in [5, 5.41) is 3.09. The van der Waals surface area contributed by atoms with E-state index in [9.17, 15) is 4.79 Å². The van der Waals surface area contributed by atoms with Crippen LogP contribution in [0, 0.1) is 0 Å². The quantitative estimate of drug-likeness (QED) is 0.833. The van der Waals surface area contributed by atoms with Crippen molar-refractivity contribution in [3.05, 3.63) is 53.6 Å². The van der Waals surface area contributed by atoms with Gasteiger partial charge in [0.05, 0.1) is 5.92 Å². The van der Waals surface area contributed by atoms with Crippen molar-refractivity contribution in [2.75, 3.05) is 6.54 Å². The molecule has 2 aromatic rings. The van der Waals surface area contributed by atoms with Gasteiger partial charge in [-0.3, -0.25) is 4.79 Å². The summed E-state index contributed by atoms with van der Waals surface area (Å²) in [6.45, 7) is 3.74. The molecule has 1 aromatic carbocycles. The lowest BCUT2D eigenvalue weighted by molar-refractivity contribution is -0.122. The second-order valence-electron chi connectivity index (χ2n) is 5.83. The van der Waals surface area contributed by atoms with Crippen molar-refractivity contribution in [1.82, 2.24) is 14.9 Å². The number of hydrogen-bond donors (Lipinski definition) is 1. The fourth-order valence-corrected chi connectivity index (χ4v) is 3.27. The SMILES string of the molecule is CCc1nccn1CCCNC(=O)C1CCc2ccccc21. The Kier molecular flexibility index (Phi) is 4.56. The maximum absolute atomic E-state index is 12.4. The van der Waals surface area contributed by atoms with Crippen LogP contribution in [0.25, 0.3) is 0 Å². The molecule has 0 bridgehead atoms. The second-order valence-corrected chi connectivity index (χ2v) is 5.83. The van der Waals surface area contributed by atoms with E-state index in [2.05, 4.69) is 40.0 Å². The minimum atomic E-state index is 0.0376. The first-order chi connectivity index (χ1) is 10.8. The number of imidazole rings is 1. The van der Waals surface area contributed by atoms with Crippen molar-refractivity contribution >= 4 is 5.91 Å². The molecule has 3 rings (SSSR count). The average molecular weight is 297 g/mol. The molecule has 0 saturated carbocycles. The van der Waals surface area contributed by atoms with Crippen LogP contribution < -0.4 is 5.32 Å². The summed E-state index contributed by atoms with van der Waals surface area (Å²) in [6.07, 6.45) is 7.68. The standard InChI is InChI=1S/C18H23N3O/c1-2-17-19-11-13-21(17)12-5-10-20-18(22)16-9-8-14-6-3-4-7-15(14)16/h3-4,6-7,11,13,16H,2,5,8-10,12H2,1H3,(H,20,22). The Morgan fingerprint density at radius 2 is 2.27 bits per heavy atom. The van der Waals surface area contributed by atoms with Gasteiger partial charge in [0.2, 0.25) is 5.91 Å². The number of nitrogens with zero attached hydrogens (tertiary/aromatic N) is 2. The van der Waals surface area contributed by atoms with E-state index in [1.54, 1.807) is 0 Å². The summed E-state index contributed by atoms with van der Waals surface area (Å²) in [5.74, 6) is 1.32. The molecule has 4 heteroatoms. The predicted octanol–water partition coefficient (Wildman–Crippen LogP) is 2.68. The molecule has 4 nitrogen and oxygen atoms in total. The summed E-state index contributed by atoms with van der Waals surface area (Å²) >= 11 is 0. The van der Waals surface area contributed by atoms with Crippen molar-refractivity contribution in [3.63, 3.8) is 0 Å². The molecule has 1 amide bonds. The topological polar surface area (TPSA) is 46.9 Å². The van der Waals surface area contributed by atoms with Gasteiger partial charge in [-0.1, -0.05) is 31.2 Å². The first-order valence-corrected chi connectivity index (χ1v) is 8.15. The molecule has 0 aliphatic heterocycles. The Balaban J connectivity index is 1.47. The van der Waals surface area contributed by atoms with Gasteiger partial charge in [-0.25, -0.2) is 4.98 Å². The van der Waals surface area contributed by atoms with Gasteiger partial charge in [0.1, 0.15) is 5.82 Å². The Bertz CT molecular complexity index is 647. The highest BCUT2D eigenvalue weighted by Gasteiger charge is 2.27. The number of nitrogens with one attached hydrogen (secondary N) is 1. The van der Waals surface area contributed by atoms with Crippen LogP contribution in [0.5, 0.6) is 0 Å². The lowest BCUT2D eigenvalue weighted by Gasteiger charge is -2.13. The van der Waals surface area contributed by atoms with Crippen molar-refractivity contribution < 1.29 is 4.79 Å². The monoisotopic (exact) mass is 297 g/mol. The normalized spacial score (nSPS) is 16.5. The number of fused-ring (bicyclic) bond motifs is 1. The first-order valence-electron chi connectivity index (χ1n) is 8.15. The minimum Gasteiger partial charge on any atom is -0.356 e. The van der Waals surface area contributed by atoms with E-state index < -0.39 is 0 Å². The van der Waals surface area contributed by atoms with E-state index in [0.717, 1.165) is 44.6 Å². The molecule has 0 saturated heterocycles. The van der Waals surface area contributed by atoms with Gasteiger partial charge in [0.15, 0.2) is 0 Å². The fourth-order valence-electron chi connectivity index (χ4n) is 3.27. The highest BCUT2D eigenvalue weighted by molar-refractivity contribution is 5.84. The number of amides is 1. The van der Waals surface area contributed by atoms with Gasteiger partial charge >= 0.3 is 0 Å². The minimum absolute atomic E-state index is 0.0376. The van der Waals surface area contributed by atoms with Crippen molar-refractivity contribution in [3.8, 4) is 0 Å². The van der Waals surface area contributed by atoms with Crippen LogP contribution in [-0.2, 0) is 24.2 Å². The van der Waals surface area contributed by atoms with Crippen LogP contribution in [0.15, 0.2) is 36.7 Å². The zero-order valence-electron chi connectivity index (χ0n) is 13.1.